The summed E-state index contributed by atoms with van der Waals surface area (Å²) in [4.78, 5) is 2.35. The number of alkyl halides is 1. The molecular formula is C12H17Cl2NO. The first-order valence-electron chi connectivity index (χ1n) is 5.33. The van der Waals surface area contributed by atoms with Crippen LogP contribution in [0.15, 0.2) is 18.2 Å². The van der Waals surface area contributed by atoms with E-state index >= 15 is 0 Å². The average molecular weight is 262 g/mol. The zero-order chi connectivity index (χ0) is 10.7. The Bertz CT molecular complexity index is 344. The molecular weight excluding hydrogens is 245 g/mol. The summed E-state index contributed by atoms with van der Waals surface area (Å²) in [5.41, 5.74) is 2.70. The minimum Gasteiger partial charge on any atom is -0.497 e. The van der Waals surface area contributed by atoms with Crippen molar-refractivity contribution in [2.45, 2.75) is 12.8 Å². The van der Waals surface area contributed by atoms with Crippen LogP contribution in [0.2, 0.25) is 0 Å². The summed E-state index contributed by atoms with van der Waals surface area (Å²) in [5.74, 6) is 1.63. The summed E-state index contributed by atoms with van der Waals surface area (Å²) >= 11 is 5.79. The Balaban J connectivity index is 0.00000128. The minimum atomic E-state index is 0. The molecule has 0 saturated heterocycles. The summed E-state index contributed by atoms with van der Waals surface area (Å²) in [6.45, 7) is 2.05. The lowest BCUT2D eigenvalue weighted by molar-refractivity contribution is 0.414. The fourth-order valence-corrected chi connectivity index (χ4v) is 2.32. The number of methoxy groups -OCH3 is 1. The Morgan fingerprint density at radius 1 is 1.44 bits per heavy atom. The molecule has 1 aliphatic rings. The van der Waals surface area contributed by atoms with Crippen molar-refractivity contribution in [3.05, 3.63) is 23.8 Å². The van der Waals surface area contributed by atoms with Gasteiger partial charge in [-0.05, 0) is 36.6 Å². The molecule has 2 rings (SSSR count). The molecule has 0 saturated carbocycles. The smallest absolute Gasteiger partial charge is 0.119 e. The highest BCUT2D eigenvalue weighted by Gasteiger charge is 2.16. The molecule has 90 valence electrons. The monoisotopic (exact) mass is 261 g/mol. The van der Waals surface area contributed by atoms with Crippen molar-refractivity contribution in [1.82, 2.24) is 0 Å². The van der Waals surface area contributed by atoms with Gasteiger partial charge in [0, 0.05) is 24.7 Å². The predicted molar refractivity (Wildman–Crippen MR) is 71.5 cm³/mol. The molecule has 0 fully saturated rings. The maximum atomic E-state index is 5.79. The molecule has 16 heavy (non-hydrogen) atoms. The highest BCUT2D eigenvalue weighted by atomic mass is 35.5. The fraction of sp³-hybridized carbons (Fsp3) is 0.500. The van der Waals surface area contributed by atoms with Crippen LogP contribution >= 0.6 is 24.0 Å². The topological polar surface area (TPSA) is 12.5 Å². The number of ether oxygens (including phenoxy) is 1. The molecule has 0 aromatic heterocycles. The largest absolute Gasteiger partial charge is 0.497 e. The number of nitrogens with zero attached hydrogens (tertiary/aromatic N) is 1. The molecule has 4 heteroatoms. The summed E-state index contributed by atoms with van der Waals surface area (Å²) in [6, 6.07) is 6.29. The van der Waals surface area contributed by atoms with E-state index in [1.807, 2.05) is 6.07 Å². The van der Waals surface area contributed by atoms with Crippen molar-refractivity contribution in [3.63, 3.8) is 0 Å². The number of hydrogen-bond donors (Lipinski definition) is 0. The molecule has 1 aromatic rings. The average Bonchev–Trinajstić information content (AvgIpc) is 2.29. The minimum absolute atomic E-state index is 0. The standard InChI is InChI=1S/C12H16ClNO.ClH/c1-15-11-4-5-12-10(9-11)3-2-7-14(12)8-6-13;/h4-5,9H,2-3,6-8H2,1H3;1H. The maximum absolute atomic E-state index is 5.79. The Labute approximate surface area is 108 Å². The van der Waals surface area contributed by atoms with E-state index in [4.69, 9.17) is 16.3 Å². The third-order valence-electron chi connectivity index (χ3n) is 2.86. The lowest BCUT2D eigenvalue weighted by Gasteiger charge is -2.30. The fourth-order valence-electron chi connectivity index (χ4n) is 2.11. The van der Waals surface area contributed by atoms with Gasteiger partial charge < -0.3 is 9.64 Å². The van der Waals surface area contributed by atoms with Gasteiger partial charge in [0.05, 0.1) is 7.11 Å². The van der Waals surface area contributed by atoms with Crippen molar-refractivity contribution in [2.75, 3.05) is 31.0 Å². The summed E-state index contributed by atoms with van der Waals surface area (Å²) in [5, 5.41) is 0. The Morgan fingerprint density at radius 3 is 2.94 bits per heavy atom. The maximum Gasteiger partial charge on any atom is 0.119 e. The molecule has 0 radical (unpaired) electrons. The molecule has 1 heterocycles. The summed E-state index contributed by atoms with van der Waals surface area (Å²) < 4.78 is 5.23. The third-order valence-corrected chi connectivity index (χ3v) is 3.02. The van der Waals surface area contributed by atoms with Gasteiger partial charge in [0.15, 0.2) is 0 Å². The van der Waals surface area contributed by atoms with E-state index in [2.05, 4.69) is 17.0 Å². The molecule has 0 N–H and O–H groups in total. The Kier molecular flexibility index (Phi) is 5.23. The third kappa shape index (κ3) is 2.74. The van der Waals surface area contributed by atoms with Gasteiger partial charge in [0.1, 0.15) is 5.75 Å². The van der Waals surface area contributed by atoms with Crippen LogP contribution in [0.5, 0.6) is 5.75 Å². The molecule has 1 aliphatic heterocycles. The molecule has 2 nitrogen and oxygen atoms in total. The summed E-state index contributed by atoms with van der Waals surface area (Å²) in [6.07, 6.45) is 2.35. The molecule has 0 bridgehead atoms. The Hall–Kier alpha value is -0.600. The zero-order valence-corrected chi connectivity index (χ0v) is 11.0. The highest BCUT2D eigenvalue weighted by Crippen LogP contribution is 2.30. The highest BCUT2D eigenvalue weighted by molar-refractivity contribution is 6.18. The quantitative estimate of drug-likeness (QED) is 0.776. The lowest BCUT2D eigenvalue weighted by atomic mass is 10.0. The first-order chi connectivity index (χ1) is 7.35. The predicted octanol–water partition coefficient (Wildman–Crippen LogP) is 3.11. The molecule has 0 unspecified atom stereocenters. The van der Waals surface area contributed by atoms with Crippen LogP contribution in [0.3, 0.4) is 0 Å². The van der Waals surface area contributed by atoms with Crippen molar-refractivity contribution < 1.29 is 4.74 Å². The number of hydrogen-bond acceptors (Lipinski definition) is 2. The van der Waals surface area contributed by atoms with Crippen LogP contribution in [0.1, 0.15) is 12.0 Å². The van der Waals surface area contributed by atoms with Gasteiger partial charge in [-0.2, -0.15) is 0 Å². The second kappa shape index (κ2) is 6.21. The van der Waals surface area contributed by atoms with Crippen molar-refractivity contribution >= 4 is 29.7 Å². The van der Waals surface area contributed by atoms with Crippen LogP contribution in [-0.2, 0) is 6.42 Å². The first kappa shape index (κ1) is 13.5. The van der Waals surface area contributed by atoms with E-state index in [1.54, 1.807) is 7.11 Å². The molecule has 0 amide bonds. The summed E-state index contributed by atoms with van der Waals surface area (Å²) in [7, 11) is 1.71. The molecule has 0 aliphatic carbocycles. The van der Waals surface area contributed by atoms with Gasteiger partial charge in [0.25, 0.3) is 0 Å². The van der Waals surface area contributed by atoms with E-state index in [0.29, 0.717) is 5.88 Å². The SMILES string of the molecule is COc1ccc2c(c1)CCCN2CCCl.Cl. The van der Waals surface area contributed by atoms with Gasteiger partial charge in [-0.15, -0.1) is 24.0 Å². The second-order valence-electron chi connectivity index (χ2n) is 3.77. The van der Waals surface area contributed by atoms with E-state index in [0.717, 1.165) is 25.3 Å². The molecule has 0 atom stereocenters. The van der Waals surface area contributed by atoms with Crippen LogP contribution in [-0.4, -0.2) is 26.1 Å². The van der Waals surface area contributed by atoms with E-state index in [9.17, 15) is 0 Å². The number of fused-ring (bicyclic) bond motifs is 1. The normalized spacial score (nSPS) is 14.0. The van der Waals surface area contributed by atoms with Crippen LogP contribution in [0.4, 0.5) is 5.69 Å². The number of benzene rings is 1. The lowest BCUT2D eigenvalue weighted by Crippen LogP contribution is -2.30. The second-order valence-corrected chi connectivity index (χ2v) is 4.15. The number of aryl methyl sites for hydroxylation is 1. The van der Waals surface area contributed by atoms with Crippen LogP contribution in [0.25, 0.3) is 0 Å². The van der Waals surface area contributed by atoms with Crippen molar-refractivity contribution in [1.29, 1.82) is 0 Å². The van der Waals surface area contributed by atoms with Gasteiger partial charge in [-0.3, -0.25) is 0 Å². The van der Waals surface area contributed by atoms with Crippen LogP contribution in [0, 0.1) is 0 Å². The van der Waals surface area contributed by atoms with E-state index in [-0.39, 0.29) is 12.4 Å². The van der Waals surface area contributed by atoms with Gasteiger partial charge in [0.2, 0.25) is 0 Å². The number of anilines is 1. The molecule has 0 spiro atoms. The number of halogens is 2. The zero-order valence-electron chi connectivity index (χ0n) is 9.41. The van der Waals surface area contributed by atoms with Gasteiger partial charge in [-0.1, -0.05) is 0 Å². The van der Waals surface area contributed by atoms with Crippen molar-refractivity contribution in [2.24, 2.45) is 0 Å². The van der Waals surface area contributed by atoms with Crippen molar-refractivity contribution in [3.8, 4) is 5.75 Å². The molecule has 1 aromatic carbocycles. The van der Waals surface area contributed by atoms with Crippen LogP contribution < -0.4 is 9.64 Å². The first-order valence-corrected chi connectivity index (χ1v) is 5.86. The Morgan fingerprint density at radius 2 is 2.25 bits per heavy atom. The van der Waals surface area contributed by atoms with Gasteiger partial charge in [-0.25, -0.2) is 0 Å². The van der Waals surface area contributed by atoms with E-state index < -0.39 is 0 Å². The van der Waals surface area contributed by atoms with Gasteiger partial charge >= 0.3 is 0 Å². The number of rotatable bonds is 3. The van der Waals surface area contributed by atoms with E-state index in [1.165, 1.54) is 17.7 Å².